The van der Waals surface area contributed by atoms with Gasteiger partial charge < -0.3 is 24.8 Å². The summed E-state index contributed by atoms with van der Waals surface area (Å²) in [7, 11) is 0. The molecular formula is C90H76Cl2Zr2-2. The van der Waals surface area contributed by atoms with Crippen LogP contribution in [-0.4, -0.2) is 6.41 Å². The molecule has 460 valence electrons. The fraction of sp³-hybridized carbons (Fsp3) is 0.0889. The molecule has 0 aliphatic heterocycles. The molecule has 16 rings (SSSR count). The van der Waals surface area contributed by atoms with E-state index in [1.807, 2.05) is 12.1 Å². The molecular weight excluding hydrogens is 1330 g/mol. The molecule has 0 aliphatic carbocycles. The van der Waals surface area contributed by atoms with Crippen molar-refractivity contribution in [1.82, 2.24) is 0 Å². The average molecular weight is 1410 g/mol. The maximum absolute atomic E-state index is 2.32. The quantitative estimate of drug-likeness (QED) is 0.120. The molecule has 4 heteroatoms. The van der Waals surface area contributed by atoms with Crippen molar-refractivity contribution < 1.29 is 73.3 Å². The first-order valence-corrected chi connectivity index (χ1v) is 34.7. The van der Waals surface area contributed by atoms with Crippen molar-refractivity contribution in [3.8, 4) is 22.3 Å². The van der Waals surface area contributed by atoms with Gasteiger partial charge in [0.25, 0.3) is 0 Å². The number of hydrogen-bond acceptors (Lipinski definition) is 0. The molecule has 0 radical (unpaired) electrons. The van der Waals surface area contributed by atoms with E-state index < -0.39 is 0 Å². The van der Waals surface area contributed by atoms with Crippen LogP contribution in [0.5, 0.6) is 0 Å². The van der Waals surface area contributed by atoms with E-state index in [-0.39, 0.29) is 24.8 Å². The molecule has 0 spiro atoms. The van der Waals surface area contributed by atoms with Crippen molar-refractivity contribution in [2.24, 2.45) is 0 Å². The van der Waals surface area contributed by atoms with Crippen LogP contribution >= 0.6 is 0 Å². The van der Waals surface area contributed by atoms with Crippen molar-refractivity contribution in [3.05, 3.63) is 384 Å². The predicted molar refractivity (Wildman–Crippen MR) is 394 cm³/mol. The summed E-state index contributed by atoms with van der Waals surface area (Å²) in [5.74, 6) is 0. The summed E-state index contributed by atoms with van der Waals surface area (Å²) >= 11 is 2.92. The maximum atomic E-state index is 2.32. The Kier molecular flexibility index (Phi) is 26.3. The third-order valence-corrected chi connectivity index (χ3v) is 19.9. The molecule has 94 heavy (non-hydrogen) atoms. The summed E-state index contributed by atoms with van der Waals surface area (Å²) in [6.45, 7) is 8.83. The molecule has 0 aromatic heterocycles. The third-order valence-electron chi connectivity index (χ3n) is 17.0. The summed E-state index contributed by atoms with van der Waals surface area (Å²) in [6.07, 6.45) is 4.44. The Morgan fingerprint density at radius 2 is 0.511 bits per heavy atom. The molecule has 0 atom stereocenters. The van der Waals surface area contributed by atoms with Gasteiger partial charge in [-0.25, -0.2) is 0 Å². The third kappa shape index (κ3) is 18.1. The zero-order valence-corrected chi connectivity index (χ0v) is 60.3. The summed E-state index contributed by atoms with van der Waals surface area (Å²) in [4.78, 5) is 0. The zero-order chi connectivity index (χ0) is 63.4. The second-order valence-electron chi connectivity index (χ2n) is 23.1. The Balaban J connectivity index is 0.000000132. The second kappa shape index (κ2) is 35.3. The SMILES string of the molecule is CCc1ccc2c(c1)[cH-]c1cc(CC)ccc12.CCc1ccc2c(c1)[cH-]c1cc(CC)ccc12.[Cl-].[Cl-].[Zr+2]=[C](c1ccccc1)c1ccccc1.[Zr+2]=[C](c1ccccc1)c1ccccc1.c1ccc(-c2ccc3cc[cH-]c3c2)cc1.c1ccc(-c2ccc3cc[cH-]c3c2)cc1. The van der Waals surface area contributed by atoms with Crippen molar-refractivity contribution in [2.45, 2.75) is 53.4 Å². The Hall–Kier alpha value is -8.31. The van der Waals surface area contributed by atoms with E-state index in [4.69, 9.17) is 0 Å². The van der Waals surface area contributed by atoms with Gasteiger partial charge in [-0.3, -0.25) is 0 Å². The topological polar surface area (TPSA) is 0 Å². The first-order valence-electron chi connectivity index (χ1n) is 32.3. The van der Waals surface area contributed by atoms with Crippen LogP contribution in [0.4, 0.5) is 0 Å². The Labute approximate surface area is 598 Å². The molecule has 0 saturated heterocycles. The van der Waals surface area contributed by atoms with Crippen molar-refractivity contribution in [3.63, 3.8) is 0 Å². The van der Waals surface area contributed by atoms with E-state index >= 15 is 0 Å². The molecule has 0 bridgehead atoms. The van der Waals surface area contributed by atoms with Crippen molar-refractivity contribution in [1.29, 1.82) is 0 Å². The van der Waals surface area contributed by atoms with Gasteiger partial charge in [0.2, 0.25) is 0 Å². The molecule has 0 amide bonds. The van der Waals surface area contributed by atoms with Gasteiger partial charge in [-0.05, 0) is 36.8 Å². The molecule has 0 heterocycles. The predicted octanol–water partition coefficient (Wildman–Crippen LogP) is 17.7. The Morgan fingerprint density at radius 3 is 0.766 bits per heavy atom. The zero-order valence-electron chi connectivity index (χ0n) is 53.9. The molecule has 0 saturated carbocycles. The van der Waals surface area contributed by atoms with Gasteiger partial charge in [-0.15, -0.1) is 137 Å². The smallest absolute Gasteiger partial charge is 0.0277 e. The number of aryl methyl sites for hydroxylation is 4. The normalized spacial score (nSPS) is 10.5. The largest absolute Gasteiger partial charge is 0.168 e. The van der Waals surface area contributed by atoms with Crippen LogP contribution in [0.2, 0.25) is 0 Å². The van der Waals surface area contributed by atoms with E-state index in [1.165, 1.54) is 186 Å². The number of halogens is 2. The molecule has 0 fully saturated rings. The summed E-state index contributed by atoms with van der Waals surface area (Å²) in [5.41, 5.74) is 16.1. The Bertz CT molecular complexity index is 4460. The average Bonchev–Trinajstić information content (AvgIpc) is 1.68. The monoisotopic (exact) mass is 1410 g/mol. The van der Waals surface area contributed by atoms with Gasteiger partial charge in [0, 0.05) is 0 Å². The first kappa shape index (κ1) is 70.0. The number of fused-ring (bicyclic) bond motifs is 8. The number of rotatable bonds is 10. The fourth-order valence-corrected chi connectivity index (χ4v) is 13.4. The maximum Gasteiger partial charge on any atom is -0.0277 e. The minimum Gasteiger partial charge on any atom is -0.168 e. The molecule has 0 N–H and O–H groups in total. The first-order chi connectivity index (χ1) is 45.2. The van der Waals surface area contributed by atoms with Gasteiger partial charge >= 0.3 is 198 Å². The number of benzene rings is 12. The van der Waals surface area contributed by atoms with Crippen LogP contribution in [0.1, 0.15) is 72.2 Å². The van der Waals surface area contributed by atoms with E-state index in [0.717, 1.165) is 25.7 Å². The standard InChI is InChI=1S/2C17H17.2C15H11.2C13H10.2ClH.2Zr/c2*1-3-12-5-7-16-14(9-12)11-15-10-13(4-2)6-8-17(15)16;2*1-2-5-12(6-3-1)15-10-9-13-7-4-8-14(13)11-15;2*1-3-7-12(8-4-1)11-13-9-5-2-6-10-13;;;;/h2*5-11H,3-4H2,1-2H3;2*1-11H;2*1-10H;2*1H;;/q4*-1;;;;;2*+2/p-2. The van der Waals surface area contributed by atoms with Crippen molar-refractivity contribution >= 4 is 71.0 Å². The minimum atomic E-state index is 0. The van der Waals surface area contributed by atoms with Crippen LogP contribution in [0.25, 0.3) is 86.9 Å². The molecule has 16 aromatic rings. The van der Waals surface area contributed by atoms with Gasteiger partial charge in [0.1, 0.15) is 0 Å². The summed E-state index contributed by atoms with van der Waals surface area (Å²) in [5, 5.41) is 16.3. The van der Waals surface area contributed by atoms with E-state index in [0.29, 0.717) is 0 Å². The molecule has 0 unspecified atom stereocenters. The fourth-order valence-electron chi connectivity index (χ4n) is 11.7. The van der Waals surface area contributed by atoms with E-state index in [9.17, 15) is 0 Å². The van der Waals surface area contributed by atoms with Gasteiger partial charge in [0.05, 0.1) is 0 Å². The van der Waals surface area contributed by atoms with E-state index in [1.54, 1.807) is 0 Å². The molecule has 16 aromatic carbocycles. The second-order valence-corrected chi connectivity index (χ2v) is 25.5. The van der Waals surface area contributed by atoms with Crippen LogP contribution in [0.3, 0.4) is 0 Å². The van der Waals surface area contributed by atoms with Crippen molar-refractivity contribution in [2.75, 3.05) is 0 Å². The van der Waals surface area contributed by atoms with E-state index in [2.05, 4.69) is 355 Å². The van der Waals surface area contributed by atoms with Crippen LogP contribution in [0.15, 0.2) is 340 Å². The van der Waals surface area contributed by atoms with Gasteiger partial charge in [-0.1, -0.05) is 182 Å². The van der Waals surface area contributed by atoms with Gasteiger partial charge in [-0.2, -0.15) is 24.3 Å². The van der Waals surface area contributed by atoms with Crippen LogP contribution in [-0.2, 0) is 74.2 Å². The molecule has 0 nitrogen and oxygen atoms in total. The summed E-state index contributed by atoms with van der Waals surface area (Å²) in [6, 6.07) is 121. The van der Waals surface area contributed by atoms with Crippen LogP contribution in [0, 0.1) is 0 Å². The van der Waals surface area contributed by atoms with Crippen LogP contribution < -0.4 is 24.8 Å². The minimum absolute atomic E-state index is 0. The number of hydrogen-bond donors (Lipinski definition) is 0. The Morgan fingerprint density at radius 1 is 0.255 bits per heavy atom. The van der Waals surface area contributed by atoms with Gasteiger partial charge in [0.15, 0.2) is 0 Å². The molecule has 0 aliphatic rings. The summed E-state index contributed by atoms with van der Waals surface area (Å²) < 4.78 is 2.83.